The van der Waals surface area contributed by atoms with Gasteiger partial charge in [0.1, 0.15) is 5.75 Å². The Morgan fingerprint density at radius 1 is 1.38 bits per heavy atom. The fraction of sp³-hybridized carbons (Fsp3) is 0.562. The van der Waals surface area contributed by atoms with E-state index in [1.807, 2.05) is 47.0 Å². The molecule has 2 rings (SSSR count). The molecule has 1 unspecified atom stereocenters. The SMILES string of the molecule is CN(C)CC1CSCCCN1C(=O)COc1ccccc1. The number of amides is 1. The molecule has 0 spiro atoms. The zero-order chi connectivity index (χ0) is 15.1. The van der Waals surface area contributed by atoms with Crippen molar-refractivity contribution >= 4 is 17.7 Å². The summed E-state index contributed by atoms with van der Waals surface area (Å²) >= 11 is 1.94. The second-order valence-electron chi connectivity index (χ2n) is 5.53. The van der Waals surface area contributed by atoms with Crippen LogP contribution in [0.2, 0.25) is 0 Å². The van der Waals surface area contributed by atoms with Gasteiger partial charge in [0.25, 0.3) is 5.91 Å². The summed E-state index contributed by atoms with van der Waals surface area (Å²) in [4.78, 5) is 16.6. The maximum Gasteiger partial charge on any atom is 0.260 e. The lowest BCUT2D eigenvalue weighted by molar-refractivity contribution is -0.135. The van der Waals surface area contributed by atoms with Crippen LogP contribution in [0.4, 0.5) is 0 Å². The molecule has 1 heterocycles. The van der Waals surface area contributed by atoms with E-state index in [0.29, 0.717) is 0 Å². The Morgan fingerprint density at radius 3 is 2.86 bits per heavy atom. The highest BCUT2D eigenvalue weighted by atomic mass is 32.2. The number of benzene rings is 1. The lowest BCUT2D eigenvalue weighted by Gasteiger charge is -2.31. The number of rotatable bonds is 5. The van der Waals surface area contributed by atoms with E-state index in [9.17, 15) is 4.79 Å². The maximum atomic E-state index is 12.5. The highest BCUT2D eigenvalue weighted by Crippen LogP contribution is 2.17. The van der Waals surface area contributed by atoms with Crippen LogP contribution in [0.15, 0.2) is 30.3 Å². The van der Waals surface area contributed by atoms with E-state index in [1.165, 1.54) is 0 Å². The van der Waals surface area contributed by atoms with Crippen molar-refractivity contribution in [2.24, 2.45) is 0 Å². The van der Waals surface area contributed by atoms with Gasteiger partial charge in [-0.15, -0.1) is 0 Å². The summed E-state index contributed by atoms with van der Waals surface area (Å²) in [6.45, 7) is 1.87. The Hall–Kier alpha value is -1.20. The topological polar surface area (TPSA) is 32.8 Å². The molecule has 1 aromatic carbocycles. The van der Waals surface area contributed by atoms with E-state index in [2.05, 4.69) is 19.0 Å². The first-order valence-electron chi connectivity index (χ1n) is 7.36. The van der Waals surface area contributed by atoms with Gasteiger partial charge in [0.2, 0.25) is 0 Å². The molecule has 1 saturated heterocycles. The zero-order valence-corrected chi connectivity index (χ0v) is 13.6. The van der Waals surface area contributed by atoms with Gasteiger partial charge in [-0.2, -0.15) is 11.8 Å². The molecule has 0 N–H and O–H groups in total. The molecule has 1 aromatic rings. The first-order valence-corrected chi connectivity index (χ1v) is 8.52. The van der Waals surface area contributed by atoms with E-state index in [1.54, 1.807) is 0 Å². The van der Waals surface area contributed by atoms with E-state index < -0.39 is 0 Å². The molecular weight excluding hydrogens is 284 g/mol. The molecule has 1 aliphatic rings. The Morgan fingerprint density at radius 2 is 2.14 bits per heavy atom. The van der Waals surface area contributed by atoms with Crippen LogP contribution in [-0.2, 0) is 4.79 Å². The summed E-state index contributed by atoms with van der Waals surface area (Å²) in [6.07, 6.45) is 1.06. The number of nitrogens with zero attached hydrogens (tertiary/aromatic N) is 2. The zero-order valence-electron chi connectivity index (χ0n) is 12.8. The van der Waals surface area contributed by atoms with Gasteiger partial charge in [-0.05, 0) is 38.4 Å². The van der Waals surface area contributed by atoms with E-state index >= 15 is 0 Å². The van der Waals surface area contributed by atoms with E-state index in [0.717, 1.165) is 36.8 Å². The van der Waals surface area contributed by atoms with Gasteiger partial charge < -0.3 is 14.5 Å². The summed E-state index contributed by atoms with van der Waals surface area (Å²) in [5.41, 5.74) is 0. The van der Waals surface area contributed by atoms with Crippen molar-refractivity contribution in [3.63, 3.8) is 0 Å². The van der Waals surface area contributed by atoms with Crippen LogP contribution in [0.1, 0.15) is 6.42 Å². The van der Waals surface area contributed by atoms with Gasteiger partial charge in [-0.1, -0.05) is 18.2 Å². The number of ether oxygens (including phenoxy) is 1. The van der Waals surface area contributed by atoms with Crippen LogP contribution in [0.3, 0.4) is 0 Å². The van der Waals surface area contributed by atoms with Gasteiger partial charge in [0.05, 0.1) is 6.04 Å². The lowest BCUT2D eigenvalue weighted by Crippen LogP contribution is -2.48. The molecule has 0 radical (unpaired) electrons. The van der Waals surface area contributed by atoms with Crippen molar-refractivity contribution in [3.05, 3.63) is 30.3 Å². The summed E-state index contributed by atoms with van der Waals surface area (Å²) in [6, 6.07) is 9.80. The smallest absolute Gasteiger partial charge is 0.260 e. The van der Waals surface area contributed by atoms with Crippen LogP contribution in [0.25, 0.3) is 0 Å². The number of carbonyl (C=O) groups is 1. The highest BCUT2D eigenvalue weighted by Gasteiger charge is 2.26. The Kier molecular flexibility index (Phi) is 6.39. The number of hydrogen-bond acceptors (Lipinski definition) is 4. The van der Waals surface area contributed by atoms with Gasteiger partial charge in [0.15, 0.2) is 6.61 Å². The average molecular weight is 308 g/mol. The fourth-order valence-corrected chi connectivity index (χ4v) is 3.53. The summed E-state index contributed by atoms with van der Waals surface area (Å²) in [5, 5.41) is 0. The van der Waals surface area contributed by atoms with Gasteiger partial charge >= 0.3 is 0 Å². The summed E-state index contributed by atoms with van der Waals surface area (Å²) < 4.78 is 5.60. The largest absolute Gasteiger partial charge is 0.484 e. The fourth-order valence-electron chi connectivity index (χ4n) is 2.47. The molecule has 1 fully saturated rings. The van der Waals surface area contributed by atoms with E-state index in [4.69, 9.17) is 4.74 Å². The first kappa shape index (κ1) is 16.2. The van der Waals surface area contributed by atoms with Gasteiger partial charge in [-0.25, -0.2) is 0 Å². The molecule has 0 aliphatic carbocycles. The van der Waals surface area contributed by atoms with E-state index in [-0.39, 0.29) is 18.6 Å². The van der Waals surface area contributed by atoms with Crippen LogP contribution >= 0.6 is 11.8 Å². The second kappa shape index (κ2) is 8.29. The van der Waals surface area contributed by atoms with Crippen molar-refractivity contribution < 1.29 is 9.53 Å². The van der Waals surface area contributed by atoms with Crippen LogP contribution in [0, 0.1) is 0 Å². The first-order chi connectivity index (χ1) is 10.2. The van der Waals surface area contributed by atoms with Crippen LogP contribution in [-0.4, -0.2) is 67.0 Å². The monoisotopic (exact) mass is 308 g/mol. The average Bonchev–Trinajstić information content (AvgIpc) is 2.71. The molecule has 5 heteroatoms. The minimum Gasteiger partial charge on any atom is -0.484 e. The number of carbonyl (C=O) groups excluding carboxylic acids is 1. The van der Waals surface area contributed by atoms with Crippen molar-refractivity contribution in [2.45, 2.75) is 12.5 Å². The minimum absolute atomic E-state index is 0.0909. The molecule has 21 heavy (non-hydrogen) atoms. The number of thioether (sulfide) groups is 1. The molecule has 0 bridgehead atoms. The molecule has 0 aromatic heterocycles. The quantitative estimate of drug-likeness (QED) is 0.832. The number of hydrogen-bond donors (Lipinski definition) is 0. The molecule has 116 valence electrons. The predicted molar refractivity (Wildman–Crippen MR) is 87.9 cm³/mol. The normalized spacial score (nSPS) is 19.4. The van der Waals surface area contributed by atoms with Crippen LogP contribution < -0.4 is 4.74 Å². The summed E-state index contributed by atoms with van der Waals surface area (Å²) in [7, 11) is 4.11. The highest BCUT2D eigenvalue weighted by molar-refractivity contribution is 7.99. The van der Waals surface area contributed by atoms with Crippen LogP contribution in [0.5, 0.6) is 5.75 Å². The van der Waals surface area contributed by atoms with Gasteiger partial charge in [0, 0.05) is 18.8 Å². The third-order valence-corrected chi connectivity index (χ3v) is 4.64. The molecular formula is C16H24N2O2S. The summed E-state index contributed by atoms with van der Waals surface area (Å²) in [5.74, 6) is 2.98. The number of likely N-dealkylation sites (N-methyl/N-ethyl adjacent to an activating group) is 1. The van der Waals surface area contributed by atoms with Crippen molar-refractivity contribution in [2.75, 3.05) is 45.3 Å². The number of para-hydroxylation sites is 1. The standard InChI is InChI=1S/C16H24N2O2S/c1-17(2)11-14-13-21-10-6-9-18(14)16(19)12-20-15-7-4-3-5-8-15/h3-5,7-8,14H,6,9-13H2,1-2H3. The molecule has 1 aliphatic heterocycles. The predicted octanol–water partition coefficient (Wildman–Crippen LogP) is 1.96. The van der Waals surface area contributed by atoms with Gasteiger partial charge in [-0.3, -0.25) is 4.79 Å². The Bertz CT molecular complexity index is 439. The second-order valence-corrected chi connectivity index (χ2v) is 6.68. The van der Waals surface area contributed by atoms with Crippen molar-refractivity contribution in [1.82, 2.24) is 9.80 Å². The molecule has 0 saturated carbocycles. The Labute approximate surface area is 131 Å². The maximum absolute atomic E-state index is 12.5. The van der Waals surface area contributed by atoms with Crippen molar-refractivity contribution in [1.29, 1.82) is 0 Å². The molecule has 1 amide bonds. The minimum atomic E-state index is 0.0909. The lowest BCUT2D eigenvalue weighted by atomic mass is 10.2. The Balaban J connectivity index is 1.93. The van der Waals surface area contributed by atoms with Crippen molar-refractivity contribution in [3.8, 4) is 5.75 Å². The molecule has 4 nitrogen and oxygen atoms in total. The third kappa shape index (κ3) is 5.25. The third-order valence-electron chi connectivity index (χ3n) is 3.44. The molecule has 1 atom stereocenters.